The van der Waals surface area contributed by atoms with E-state index in [0.717, 1.165) is 77.0 Å². The lowest BCUT2D eigenvalue weighted by Gasteiger charge is -2.18. The molecule has 0 amide bonds. The van der Waals surface area contributed by atoms with E-state index in [4.69, 9.17) is 19.3 Å². The molecular formula is C41H67O9P. The Morgan fingerprint density at radius 2 is 1.08 bits per heavy atom. The molecule has 0 bridgehead atoms. The molecule has 0 fully saturated rings. The minimum Gasteiger partial charge on any atom is -0.462 e. The van der Waals surface area contributed by atoms with Crippen molar-refractivity contribution in [2.75, 3.05) is 13.2 Å². The third kappa shape index (κ3) is 38.2. The molecule has 9 nitrogen and oxygen atoms in total. The molecule has 0 aliphatic carbocycles. The Morgan fingerprint density at radius 1 is 0.569 bits per heavy atom. The molecule has 51 heavy (non-hydrogen) atoms. The molecule has 2 N–H and O–H groups in total. The number of esters is 2. The monoisotopic (exact) mass is 734 g/mol. The van der Waals surface area contributed by atoms with Crippen LogP contribution in [0.2, 0.25) is 0 Å². The molecule has 0 aromatic heterocycles. The summed E-state index contributed by atoms with van der Waals surface area (Å²) >= 11 is 0. The van der Waals surface area contributed by atoms with E-state index in [2.05, 4.69) is 60.9 Å². The van der Waals surface area contributed by atoms with Gasteiger partial charge in [0.15, 0.2) is 11.9 Å². The van der Waals surface area contributed by atoms with Crippen LogP contribution in [0.15, 0.2) is 72.9 Å². The van der Waals surface area contributed by atoms with Gasteiger partial charge < -0.3 is 19.3 Å². The summed E-state index contributed by atoms with van der Waals surface area (Å²) < 4.78 is 26.2. The predicted octanol–water partition coefficient (Wildman–Crippen LogP) is 10.7. The molecule has 290 valence electrons. The maximum atomic E-state index is 12.3. The van der Waals surface area contributed by atoms with Crippen LogP contribution in [0.3, 0.4) is 0 Å². The Hall–Kier alpha value is -2.84. The molecule has 0 saturated heterocycles. The van der Waals surface area contributed by atoms with Gasteiger partial charge in [-0.2, -0.15) is 0 Å². The number of carbonyl (C=O) groups excluding carboxylic acids is 3. The van der Waals surface area contributed by atoms with Crippen molar-refractivity contribution < 1.29 is 42.7 Å². The van der Waals surface area contributed by atoms with Crippen LogP contribution in [0, 0.1) is 0 Å². The number of ether oxygens (including phenoxy) is 2. The average Bonchev–Trinajstić information content (AvgIpc) is 3.09. The molecular weight excluding hydrogens is 667 g/mol. The van der Waals surface area contributed by atoms with Crippen molar-refractivity contribution in [3.63, 3.8) is 0 Å². The van der Waals surface area contributed by atoms with E-state index in [1.165, 1.54) is 19.3 Å². The Bertz CT molecular complexity index is 1110. The highest BCUT2D eigenvalue weighted by Crippen LogP contribution is 2.35. The standard InChI is InChI=1S/C41H67O9P/c1-3-5-7-8-9-10-11-12-13-14-15-16-17-20-24-27-31-35-41(44)50-39(37-49-51(45,46)47)36-48-40(43)34-30-26-23-21-18-19-22-25-29-33-38(42)32-28-6-4-2/h9-10,12-13,15-16,20,22,24-25,29,33,39H,3-8,11,14,17-19,21,23,26-28,30-32,34-37H2,1-2H3,(H2,45,46,47)/b10-9-,13-12-,16-15-,24-20-,25-22-,33-29+/t39-/m1/s1. The SMILES string of the molecule is CCCCC/C=C\C/C=C\C/C=C\C/C=C\CCCC(=O)O[C@H](COC(=O)CCCCCCC/C=C\C=C\C(=O)CCCCC)COP(=O)(O)O. The summed E-state index contributed by atoms with van der Waals surface area (Å²) in [6.07, 6.45) is 41.8. The summed E-state index contributed by atoms with van der Waals surface area (Å²) in [7, 11) is -4.79. The van der Waals surface area contributed by atoms with E-state index in [1.54, 1.807) is 12.2 Å². The minimum atomic E-state index is -4.79. The average molecular weight is 735 g/mol. The van der Waals surface area contributed by atoms with Crippen LogP contribution in [0.4, 0.5) is 0 Å². The topological polar surface area (TPSA) is 136 Å². The smallest absolute Gasteiger partial charge is 0.462 e. The van der Waals surface area contributed by atoms with Crippen molar-refractivity contribution in [3.8, 4) is 0 Å². The predicted molar refractivity (Wildman–Crippen MR) is 207 cm³/mol. The van der Waals surface area contributed by atoms with E-state index in [1.807, 2.05) is 18.2 Å². The fourth-order valence-electron chi connectivity index (χ4n) is 4.76. The van der Waals surface area contributed by atoms with Gasteiger partial charge in [-0.05, 0) is 76.7 Å². The summed E-state index contributed by atoms with van der Waals surface area (Å²) in [5.41, 5.74) is 0. The van der Waals surface area contributed by atoms with Crippen molar-refractivity contribution in [2.24, 2.45) is 0 Å². The summed E-state index contributed by atoms with van der Waals surface area (Å²) in [5, 5.41) is 0. The van der Waals surface area contributed by atoms with E-state index < -0.39 is 32.5 Å². The number of hydrogen-bond donors (Lipinski definition) is 2. The zero-order valence-electron chi connectivity index (χ0n) is 31.5. The molecule has 0 aliphatic heterocycles. The number of unbranched alkanes of at least 4 members (excludes halogenated alkanes) is 11. The third-order valence-corrected chi connectivity index (χ3v) is 8.16. The van der Waals surface area contributed by atoms with Gasteiger partial charge in [0.2, 0.25) is 0 Å². The summed E-state index contributed by atoms with van der Waals surface area (Å²) in [6, 6.07) is 0. The van der Waals surface area contributed by atoms with E-state index >= 15 is 0 Å². The molecule has 1 atom stereocenters. The van der Waals surface area contributed by atoms with E-state index in [0.29, 0.717) is 25.7 Å². The number of rotatable bonds is 34. The van der Waals surface area contributed by atoms with Crippen LogP contribution in [0.5, 0.6) is 0 Å². The van der Waals surface area contributed by atoms with Crippen LogP contribution >= 0.6 is 7.82 Å². The van der Waals surface area contributed by atoms with Gasteiger partial charge in [0, 0.05) is 19.3 Å². The number of phosphoric acid groups is 1. The molecule has 0 aliphatic rings. The van der Waals surface area contributed by atoms with Crippen molar-refractivity contribution in [3.05, 3.63) is 72.9 Å². The van der Waals surface area contributed by atoms with Gasteiger partial charge in [0.1, 0.15) is 6.61 Å². The van der Waals surface area contributed by atoms with Crippen LogP contribution < -0.4 is 0 Å². The Labute approximate surface area is 308 Å². The van der Waals surface area contributed by atoms with Gasteiger partial charge in [-0.1, -0.05) is 126 Å². The molecule has 0 aromatic rings. The molecule has 0 rings (SSSR count). The first kappa shape index (κ1) is 48.2. The molecule has 0 saturated carbocycles. The summed E-state index contributed by atoms with van der Waals surface area (Å²) in [5.74, 6) is -0.850. The first-order valence-corrected chi connectivity index (χ1v) is 20.7. The molecule has 0 radical (unpaired) electrons. The molecule has 10 heteroatoms. The van der Waals surface area contributed by atoms with Gasteiger partial charge in [-0.25, -0.2) is 4.57 Å². The molecule has 0 spiro atoms. The first-order chi connectivity index (χ1) is 24.7. The highest BCUT2D eigenvalue weighted by atomic mass is 31.2. The number of hydrogen-bond acceptors (Lipinski definition) is 7. The second kappa shape index (κ2) is 35.6. The second-order valence-corrected chi connectivity index (χ2v) is 13.8. The van der Waals surface area contributed by atoms with Crippen molar-refractivity contribution in [1.82, 2.24) is 0 Å². The number of phosphoric ester groups is 1. The minimum absolute atomic E-state index is 0.115. The van der Waals surface area contributed by atoms with Crippen molar-refractivity contribution >= 4 is 25.5 Å². The third-order valence-electron chi connectivity index (χ3n) is 7.67. The van der Waals surface area contributed by atoms with Crippen LogP contribution in [-0.4, -0.2) is 46.8 Å². The highest BCUT2D eigenvalue weighted by molar-refractivity contribution is 7.46. The lowest BCUT2D eigenvalue weighted by Crippen LogP contribution is -2.29. The van der Waals surface area contributed by atoms with Crippen LogP contribution in [-0.2, 0) is 32.9 Å². The molecule has 0 aromatic carbocycles. The largest absolute Gasteiger partial charge is 0.469 e. The maximum Gasteiger partial charge on any atom is 0.469 e. The summed E-state index contributed by atoms with van der Waals surface area (Å²) in [4.78, 5) is 54.4. The fraction of sp³-hybridized carbons (Fsp3) is 0.634. The van der Waals surface area contributed by atoms with Crippen LogP contribution in [0.1, 0.15) is 149 Å². The number of ketones is 1. The Kier molecular flexibility index (Phi) is 33.6. The van der Waals surface area contributed by atoms with Gasteiger partial charge >= 0.3 is 19.8 Å². The molecule has 0 unspecified atom stereocenters. The fourth-order valence-corrected chi connectivity index (χ4v) is 5.12. The van der Waals surface area contributed by atoms with Crippen LogP contribution in [0.25, 0.3) is 0 Å². The number of carbonyl (C=O) groups is 3. The normalized spacial score (nSPS) is 13.2. The quantitative estimate of drug-likeness (QED) is 0.0165. The number of allylic oxidation sites excluding steroid dienone is 12. The second-order valence-electron chi connectivity index (χ2n) is 12.6. The van der Waals surface area contributed by atoms with Gasteiger partial charge in [-0.15, -0.1) is 0 Å². The zero-order chi connectivity index (χ0) is 37.7. The zero-order valence-corrected chi connectivity index (χ0v) is 32.4. The lowest BCUT2D eigenvalue weighted by atomic mass is 10.1. The van der Waals surface area contributed by atoms with Crippen molar-refractivity contribution in [1.29, 1.82) is 0 Å². The maximum absolute atomic E-state index is 12.3. The highest BCUT2D eigenvalue weighted by Gasteiger charge is 2.22. The van der Waals surface area contributed by atoms with Gasteiger partial charge in [0.05, 0.1) is 6.61 Å². The van der Waals surface area contributed by atoms with E-state index in [9.17, 15) is 18.9 Å². The first-order valence-electron chi connectivity index (χ1n) is 19.2. The van der Waals surface area contributed by atoms with E-state index in [-0.39, 0.29) is 25.2 Å². The van der Waals surface area contributed by atoms with Gasteiger partial charge in [-0.3, -0.25) is 18.9 Å². The Balaban J connectivity index is 4.15. The lowest BCUT2D eigenvalue weighted by molar-refractivity contribution is -0.161. The summed E-state index contributed by atoms with van der Waals surface area (Å²) in [6.45, 7) is 3.41. The van der Waals surface area contributed by atoms with Crippen molar-refractivity contribution in [2.45, 2.75) is 155 Å². The Morgan fingerprint density at radius 3 is 1.73 bits per heavy atom. The van der Waals surface area contributed by atoms with Gasteiger partial charge in [0.25, 0.3) is 0 Å². The molecule has 0 heterocycles.